The number of carbonyl (C=O) groups excluding carboxylic acids is 1. The van der Waals surface area contributed by atoms with Crippen LogP contribution in [0.3, 0.4) is 0 Å². The average Bonchev–Trinajstić information content (AvgIpc) is 3.11. The van der Waals surface area contributed by atoms with Crippen LogP contribution >= 0.6 is 0 Å². The topological polar surface area (TPSA) is 48.8 Å². The van der Waals surface area contributed by atoms with Crippen molar-refractivity contribution in [2.24, 2.45) is 4.99 Å². The van der Waals surface area contributed by atoms with E-state index < -0.39 is 0 Å². The molecule has 1 fully saturated rings. The number of Topliss-reactive ketones (excluding diaryl/α,β-unsaturated/α-hetero) is 1. The van der Waals surface area contributed by atoms with Gasteiger partial charge in [-0.15, -0.1) is 0 Å². The molecule has 5 nitrogen and oxygen atoms in total. The number of nitrogens with zero attached hydrogens (tertiary/aromatic N) is 4. The van der Waals surface area contributed by atoms with E-state index in [1.54, 1.807) is 13.0 Å². The van der Waals surface area contributed by atoms with Crippen LogP contribution in [0.5, 0.6) is 0 Å². The molecule has 2 heterocycles. The Morgan fingerprint density at radius 3 is 2.79 bits per heavy atom. The number of likely N-dealkylation sites (N-methyl/N-ethyl adjacent to an activating group) is 2. The lowest BCUT2D eigenvalue weighted by atomic mass is 10.0. The molecule has 0 amide bonds. The van der Waals surface area contributed by atoms with Crippen LogP contribution in [-0.4, -0.2) is 54.6 Å². The molecule has 0 saturated carbocycles. The summed E-state index contributed by atoms with van der Waals surface area (Å²) in [6.07, 6.45) is 4.65. The van der Waals surface area contributed by atoms with E-state index in [1.807, 2.05) is 43.5 Å². The van der Waals surface area contributed by atoms with Gasteiger partial charge in [0.1, 0.15) is 5.82 Å². The third kappa shape index (κ3) is 4.04. The summed E-state index contributed by atoms with van der Waals surface area (Å²) in [7, 11) is 4.23. The molecule has 2 aromatic rings. The Balaban J connectivity index is 2.05. The lowest BCUT2D eigenvalue weighted by Crippen LogP contribution is -2.35. The predicted octanol–water partition coefficient (Wildman–Crippen LogP) is 4.04. The standard InChI is InChI=1S/C23H28N4O/c1-6-20(25-21-11-7-9-16(2)22(21)17(3)28)19-10-8-13-24-23(19)27(5)18-12-14-26(4)15-18/h6-11,13,18H,1,12,14-15H2,2-5H3. The maximum atomic E-state index is 12.2. The van der Waals surface area contributed by atoms with Gasteiger partial charge in [-0.1, -0.05) is 18.7 Å². The van der Waals surface area contributed by atoms with Crippen molar-refractivity contribution in [3.8, 4) is 0 Å². The highest BCUT2D eigenvalue weighted by Gasteiger charge is 2.26. The molecule has 1 aromatic carbocycles. The number of aryl methyl sites for hydroxylation is 1. The van der Waals surface area contributed by atoms with Crippen molar-refractivity contribution in [1.82, 2.24) is 9.88 Å². The summed E-state index contributed by atoms with van der Waals surface area (Å²) in [6, 6.07) is 10.1. The van der Waals surface area contributed by atoms with E-state index >= 15 is 0 Å². The molecule has 3 rings (SSSR count). The van der Waals surface area contributed by atoms with E-state index in [0.717, 1.165) is 42.2 Å². The summed E-state index contributed by atoms with van der Waals surface area (Å²) < 4.78 is 0. The first kappa shape index (κ1) is 20.0. The Labute approximate surface area is 167 Å². The summed E-state index contributed by atoms with van der Waals surface area (Å²) >= 11 is 0. The van der Waals surface area contributed by atoms with Crippen LogP contribution in [0.2, 0.25) is 0 Å². The third-order valence-corrected chi connectivity index (χ3v) is 5.35. The van der Waals surface area contributed by atoms with Gasteiger partial charge in [0.25, 0.3) is 0 Å². The Morgan fingerprint density at radius 2 is 2.14 bits per heavy atom. The van der Waals surface area contributed by atoms with E-state index in [-0.39, 0.29) is 5.78 Å². The minimum Gasteiger partial charge on any atom is -0.355 e. The molecule has 0 N–H and O–H groups in total. The Hall–Kier alpha value is -2.79. The van der Waals surface area contributed by atoms with E-state index in [4.69, 9.17) is 4.99 Å². The van der Waals surface area contributed by atoms with Gasteiger partial charge >= 0.3 is 0 Å². The van der Waals surface area contributed by atoms with Crippen LogP contribution in [0.1, 0.15) is 34.8 Å². The molecular weight excluding hydrogens is 348 g/mol. The molecule has 0 spiro atoms. The molecule has 5 heteroatoms. The van der Waals surface area contributed by atoms with E-state index in [0.29, 0.717) is 17.3 Å². The number of aromatic nitrogens is 1. The Kier molecular flexibility index (Phi) is 6.05. The van der Waals surface area contributed by atoms with Gasteiger partial charge in [0, 0.05) is 37.0 Å². The maximum Gasteiger partial charge on any atom is 0.162 e. The zero-order chi connectivity index (χ0) is 20.3. The smallest absolute Gasteiger partial charge is 0.162 e. The predicted molar refractivity (Wildman–Crippen MR) is 116 cm³/mol. The molecule has 146 valence electrons. The first-order valence-electron chi connectivity index (χ1n) is 9.60. The molecule has 1 unspecified atom stereocenters. The molecule has 0 aliphatic carbocycles. The van der Waals surface area contributed by atoms with Gasteiger partial charge in [0.05, 0.1) is 11.4 Å². The van der Waals surface area contributed by atoms with Crippen molar-refractivity contribution in [3.63, 3.8) is 0 Å². The molecule has 1 aromatic heterocycles. The molecule has 1 atom stereocenters. The molecular formula is C23H28N4O. The minimum atomic E-state index is 0.0118. The summed E-state index contributed by atoms with van der Waals surface area (Å²) in [4.78, 5) is 26.2. The largest absolute Gasteiger partial charge is 0.355 e. The number of aliphatic imine (C=N–C) groups is 1. The van der Waals surface area contributed by atoms with Crippen LogP contribution in [0.15, 0.2) is 54.2 Å². The van der Waals surface area contributed by atoms with Crippen molar-refractivity contribution < 1.29 is 4.79 Å². The first-order chi connectivity index (χ1) is 13.4. The van der Waals surface area contributed by atoms with E-state index in [2.05, 4.69) is 35.5 Å². The van der Waals surface area contributed by atoms with Crippen LogP contribution in [0.25, 0.3) is 0 Å². The molecule has 1 aliphatic heterocycles. The Bertz CT molecular complexity index is 919. The lowest BCUT2D eigenvalue weighted by Gasteiger charge is -2.27. The normalized spacial score (nSPS) is 17.6. The number of allylic oxidation sites excluding steroid dienone is 1. The van der Waals surface area contributed by atoms with Gasteiger partial charge in [-0.2, -0.15) is 0 Å². The summed E-state index contributed by atoms with van der Waals surface area (Å²) in [5.41, 5.74) is 3.88. The van der Waals surface area contributed by atoms with Gasteiger partial charge in [0.2, 0.25) is 0 Å². The highest BCUT2D eigenvalue weighted by molar-refractivity contribution is 6.13. The number of likely N-dealkylation sites (tertiary alicyclic amines) is 1. The van der Waals surface area contributed by atoms with Crippen molar-refractivity contribution in [1.29, 1.82) is 0 Å². The zero-order valence-electron chi connectivity index (χ0n) is 17.1. The summed E-state index contributed by atoms with van der Waals surface area (Å²) in [5.74, 6) is 0.899. The quantitative estimate of drug-likeness (QED) is 0.564. The van der Waals surface area contributed by atoms with Gasteiger partial charge in [-0.25, -0.2) is 9.98 Å². The fourth-order valence-corrected chi connectivity index (χ4v) is 3.83. The number of pyridine rings is 1. The number of ketones is 1. The SMILES string of the molecule is C=CC(=Nc1cccc(C)c1C(C)=O)c1cccnc1N(C)C1CCN(C)C1. The monoisotopic (exact) mass is 376 g/mol. The second-order valence-electron chi connectivity index (χ2n) is 7.42. The first-order valence-corrected chi connectivity index (χ1v) is 9.60. The second-order valence-corrected chi connectivity index (χ2v) is 7.42. The van der Waals surface area contributed by atoms with Crippen LogP contribution in [0, 0.1) is 6.92 Å². The van der Waals surface area contributed by atoms with Gasteiger partial charge in [-0.05, 0) is 63.7 Å². The number of hydrogen-bond donors (Lipinski definition) is 0. The summed E-state index contributed by atoms with van der Waals surface area (Å²) in [6.45, 7) is 9.58. The maximum absolute atomic E-state index is 12.2. The highest BCUT2D eigenvalue weighted by Crippen LogP contribution is 2.27. The van der Waals surface area contributed by atoms with Crippen molar-refractivity contribution in [2.45, 2.75) is 26.3 Å². The van der Waals surface area contributed by atoms with Gasteiger partial charge in [0.15, 0.2) is 5.78 Å². The summed E-state index contributed by atoms with van der Waals surface area (Å²) in [5, 5.41) is 0. The average molecular weight is 377 g/mol. The Morgan fingerprint density at radius 1 is 1.36 bits per heavy atom. The molecule has 1 saturated heterocycles. The van der Waals surface area contributed by atoms with Crippen LogP contribution in [0.4, 0.5) is 11.5 Å². The minimum absolute atomic E-state index is 0.0118. The second kappa shape index (κ2) is 8.48. The molecule has 1 aliphatic rings. The fraction of sp³-hybridized carbons (Fsp3) is 0.348. The van der Waals surface area contributed by atoms with E-state index in [1.165, 1.54) is 0 Å². The van der Waals surface area contributed by atoms with Crippen molar-refractivity contribution >= 4 is 23.0 Å². The number of benzene rings is 1. The zero-order valence-corrected chi connectivity index (χ0v) is 17.1. The van der Waals surface area contributed by atoms with Crippen molar-refractivity contribution in [3.05, 3.63) is 65.9 Å². The van der Waals surface area contributed by atoms with Crippen molar-refractivity contribution in [2.75, 3.05) is 32.1 Å². The third-order valence-electron chi connectivity index (χ3n) is 5.35. The van der Waals surface area contributed by atoms with Gasteiger partial charge in [-0.3, -0.25) is 4.79 Å². The van der Waals surface area contributed by atoms with Crippen LogP contribution in [-0.2, 0) is 0 Å². The molecule has 0 bridgehead atoms. The number of anilines is 1. The highest BCUT2D eigenvalue weighted by atomic mass is 16.1. The molecule has 28 heavy (non-hydrogen) atoms. The fourth-order valence-electron chi connectivity index (χ4n) is 3.83. The number of carbonyl (C=O) groups is 1. The van der Waals surface area contributed by atoms with E-state index in [9.17, 15) is 4.79 Å². The number of hydrogen-bond acceptors (Lipinski definition) is 5. The number of rotatable bonds is 6. The molecule has 0 radical (unpaired) electrons. The van der Waals surface area contributed by atoms with Crippen LogP contribution < -0.4 is 4.90 Å². The van der Waals surface area contributed by atoms with Gasteiger partial charge < -0.3 is 9.80 Å². The lowest BCUT2D eigenvalue weighted by molar-refractivity contribution is 0.101.